The molecule has 1 fully saturated rings. The lowest BCUT2D eigenvalue weighted by Crippen LogP contribution is -2.31. The van der Waals surface area contributed by atoms with Gasteiger partial charge in [0.2, 0.25) is 0 Å². The molecule has 1 aliphatic rings. The smallest absolute Gasteiger partial charge is 0.257 e. The van der Waals surface area contributed by atoms with Crippen molar-refractivity contribution in [3.05, 3.63) is 59.0 Å². The van der Waals surface area contributed by atoms with Gasteiger partial charge in [-0.25, -0.2) is 9.50 Å². The fourth-order valence-corrected chi connectivity index (χ4v) is 3.71. The highest BCUT2D eigenvalue weighted by Gasteiger charge is 2.32. The zero-order valence-corrected chi connectivity index (χ0v) is 15.3. The molecule has 1 saturated heterocycles. The number of fused-ring (bicyclic) bond motifs is 1. The van der Waals surface area contributed by atoms with E-state index in [2.05, 4.69) is 10.1 Å². The standard InChI is InChI=1S/C20H22N4O2/c1-13-11-19-21-12-17(14(2)24(19)22-13)20(25)23-10-4-5-18(23)15-6-8-16(26-3)9-7-15/h6-9,11-12,18H,4-5,10H2,1-3H3. The second-order valence-electron chi connectivity index (χ2n) is 6.74. The van der Waals surface area contributed by atoms with E-state index in [0.717, 1.165) is 47.7 Å². The van der Waals surface area contributed by atoms with E-state index < -0.39 is 0 Å². The zero-order chi connectivity index (χ0) is 18.3. The average Bonchev–Trinajstić information content (AvgIpc) is 3.28. The van der Waals surface area contributed by atoms with Crippen LogP contribution in [0.3, 0.4) is 0 Å². The van der Waals surface area contributed by atoms with Gasteiger partial charge in [-0.05, 0) is 44.4 Å². The Morgan fingerprint density at radius 2 is 2.00 bits per heavy atom. The van der Waals surface area contributed by atoms with Crippen LogP contribution in [0.2, 0.25) is 0 Å². The molecule has 26 heavy (non-hydrogen) atoms. The van der Waals surface area contributed by atoms with E-state index in [4.69, 9.17) is 4.74 Å². The van der Waals surface area contributed by atoms with E-state index in [-0.39, 0.29) is 11.9 Å². The molecule has 0 aliphatic carbocycles. The highest BCUT2D eigenvalue weighted by Crippen LogP contribution is 2.34. The number of ether oxygens (including phenoxy) is 1. The first kappa shape index (κ1) is 16.6. The molecule has 1 aliphatic heterocycles. The molecule has 1 unspecified atom stereocenters. The second-order valence-corrected chi connectivity index (χ2v) is 6.74. The fourth-order valence-electron chi connectivity index (χ4n) is 3.71. The Morgan fingerprint density at radius 3 is 2.73 bits per heavy atom. The number of carbonyl (C=O) groups is 1. The van der Waals surface area contributed by atoms with E-state index in [1.807, 2.05) is 49.1 Å². The molecular weight excluding hydrogens is 328 g/mol. The number of carbonyl (C=O) groups excluding carboxylic acids is 1. The van der Waals surface area contributed by atoms with E-state index in [0.29, 0.717) is 5.56 Å². The third kappa shape index (κ3) is 2.71. The van der Waals surface area contributed by atoms with Gasteiger partial charge in [0.1, 0.15) is 5.75 Å². The largest absolute Gasteiger partial charge is 0.497 e. The summed E-state index contributed by atoms with van der Waals surface area (Å²) < 4.78 is 6.99. The molecule has 1 amide bonds. The molecular formula is C20H22N4O2. The van der Waals surface area contributed by atoms with Gasteiger partial charge in [0.15, 0.2) is 5.65 Å². The van der Waals surface area contributed by atoms with Crippen molar-refractivity contribution in [2.24, 2.45) is 0 Å². The summed E-state index contributed by atoms with van der Waals surface area (Å²) >= 11 is 0. The minimum Gasteiger partial charge on any atom is -0.497 e. The monoisotopic (exact) mass is 350 g/mol. The van der Waals surface area contributed by atoms with Crippen molar-refractivity contribution in [2.75, 3.05) is 13.7 Å². The van der Waals surface area contributed by atoms with Crippen LogP contribution in [0.1, 0.15) is 46.2 Å². The molecule has 0 radical (unpaired) electrons. The van der Waals surface area contributed by atoms with E-state index >= 15 is 0 Å². The van der Waals surface area contributed by atoms with Gasteiger partial charge in [-0.3, -0.25) is 4.79 Å². The topological polar surface area (TPSA) is 59.7 Å². The maximum atomic E-state index is 13.2. The number of benzene rings is 1. The molecule has 0 N–H and O–H groups in total. The van der Waals surface area contributed by atoms with E-state index in [1.165, 1.54) is 0 Å². The predicted molar refractivity (Wildman–Crippen MR) is 98.5 cm³/mol. The first-order valence-electron chi connectivity index (χ1n) is 8.85. The van der Waals surface area contributed by atoms with Gasteiger partial charge in [0.05, 0.1) is 30.1 Å². The van der Waals surface area contributed by atoms with Crippen LogP contribution >= 0.6 is 0 Å². The summed E-state index contributed by atoms with van der Waals surface area (Å²) in [5.74, 6) is 0.840. The quantitative estimate of drug-likeness (QED) is 0.727. The van der Waals surface area contributed by atoms with Crippen LogP contribution in [0.25, 0.3) is 5.65 Å². The molecule has 0 saturated carbocycles. The first-order chi connectivity index (χ1) is 12.6. The second kappa shape index (κ2) is 6.44. The highest BCUT2D eigenvalue weighted by molar-refractivity contribution is 5.95. The number of hydrogen-bond donors (Lipinski definition) is 0. The Morgan fingerprint density at radius 1 is 1.23 bits per heavy atom. The minimum atomic E-state index is 0.0170. The van der Waals surface area contributed by atoms with Crippen LogP contribution in [-0.4, -0.2) is 39.1 Å². The highest BCUT2D eigenvalue weighted by atomic mass is 16.5. The summed E-state index contributed by atoms with van der Waals surface area (Å²) in [6.45, 7) is 4.60. The number of aromatic nitrogens is 3. The van der Waals surface area contributed by atoms with Gasteiger partial charge in [0.25, 0.3) is 5.91 Å². The van der Waals surface area contributed by atoms with Crippen LogP contribution in [0.5, 0.6) is 5.75 Å². The number of nitrogens with zero attached hydrogens (tertiary/aromatic N) is 4. The van der Waals surface area contributed by atoms with Crippen LogP contribution in [0.15, 0.2) is 36.5 Å². The Balaban J connectivity index is 1.67. The first-order valence-corrected chi connectivity index (χ1v) is 8.85. The van der Waals surface area contributed by atoms with Crippen molar-refractivity contribution >= 4 is 11.6 Å². The summed E-state index contributed by atoms with van der Waals surface area (Å²) in [7, 11) is 1.66. The Hall–Kier alpha value is -2.89. The van der Waals surface area contributed by atoms with Crippen LogP contribution in [0, 0.1) is 13.8 Å². The van der Waals surface area contributed by atoms with Gasteiger partial charge < -0.3 is 9.64 Å². The SMILES string of the molecule is COc1ccc(C2CCCN2C(=O)c2cnc3cc(C)nn3c2C)cc1. The Labute approximate surface area is 152 Å². The molecule has 3 heterocycles. The molecule has 134 valence electrons. The number of methoxy groups -OCH3 is 1. The van der Waals surface area contributed by atoms with Gasteiger partial charge >= 0.3 is 0 Å². The van der Waals surface area contributed by atoms with Gasteiger partial charge in [-0.15, -0.1) is 0 Å². The van der Waals surface area contributed by atoms with Crippen molar-refractivity contribution in [1.82, 2.24) is 19.5 Å². The van der Waals surface area contributed by atoms with Crippen molar-refractivity contribution in [1.29, 1.82) is 0 Å². The third-order valence-corrected chi connectivity index (χ3v) is 5.09. The molecule has 3 aromatic rings. The van der Waals surface area contributed by atoms with Crippen molar-refractivity contribution in [2.45, 2.75) is 32.7 Å². The number of likely N-dealkylation sites (tertiary alicyclic amines) is 1. The number of hydrogen-bond acceptors (Lipinski definition) is 4. The van der Waals surface area contributed by atoms with Crippen LogP contribution in [0.4, 0.5) is 0 Å². The van der Waals surface area contributed by atoms with Crippen molar-refractivity contribution in [3.63, 3.8) is 0 Å². The zero-order valence-electron chi connectivity index (χ0n) is 15.3. The molecule has 6 heteroatoms. The van der Waals surface area contributed by atoms with Crippen LogP contribution < -0.4 is 4.74 Å². The fraction of sp³-hybridized carbons (Fsp3) is 0.350. The lowest BCUT2D eigenvalue weighted by atomic mass is 10.0. The van der Waals surface area contributed by atoms with E-state index in [9.17, 15) is 4.79 Å². The normalized spacial score (nSPS) is 17.0. The summed E-state index contributed by atoms with van der Waals surface area (Å²) in [4.78, 5) is 19.6. The third-order valence-electron chi connectivity index (χ3n) is 5.09. The predicted octanol–water partition coefficient (Wildman–Crippen LogP) is 3.33. The molecule has 0 bridgehead atoms. The molecule has 0 spiro atoms. The van der Waals surface area contributed by atoms with Gasteiger partial charge in [0, 0.05) is 18.8 Å². The molecule has 1 atom stereocenters. The lowest BCUT2D eigenvalue weighted by Gasteiger charge is -2.26. The number of aryl methyl sites for hydroxylation is 2. The summed E-state index contributed by atoms with van der Waals surface area (Å²) in [6.07, 6.45) is 3.64. The maximum Gasteiger partial charge on any atom is 0.257 e. The van der Waals surface area contributed by atoms with Gasteiger partial charge in [-0.1, -0.05) is 12.1 Å². The number of amides is 1. The molecule has 6 nitrogen and oxygen atoms in total. The maximum absolute atomic E-state index is 13.2. The lowest BCUT2D eigenvalue weighted by molar-refractivity contribution is 0.0733. The molecule has 1 aromatic carbocycles. The van der Waals surface area contributed by atoms with Crippen molar-refractivity contribution < 1.29 is 9.53 Å². The summed E-state index contributed by atoms with van der Waals surface area (Å²) in [5.41, 5.74) is 4.24. The summed E-state index contributed by atoms with van der Waals surface area (Å²) in [6, 6.07) is 9.98. The van der Waals surface area contributed by atoms with Gasteiger partial charge in [-0.2, -0.15) is 5.10 Å². The average molecular weight is 350 g/mol. The minimum absolute atomic E-state index is 0.0170. The van der Waals surface area contributed by atoms with Crippen molar-refractivity contribution in [3.8, 4) is 5.75 Å². The number of rotatable bonds is 3. The van der Waals surface area contributed by atoms with E-state index in [1.54, 1.807) is 17.8 Å². The Bertz CT molecular complexity index is 962. The Kier molecular flexibility index (Phi) is 4.11. The summed E-state index contributed by atoms with van der Waals surface area (Å²) in [5, 5.41) is 4.45. The molecule has 4 rings (SSSR count). The molecule has 2 aromatic heterocycles. The van der Waals surface area contributed by atoms with Crippen LogP contribution in [-0.2, 0) is 0 Å².